The molecular formula is C9H19NO2. The molecule has 0 aliphatic rings. The molecule has 0 heterocycles. The Kier molecular flexibility index (Phi) is 8.12. The zero-order chi connectivity index (χ0) is 9.23. The summed E-state index contributed by atoms with van der Waals surface area (Å²) in [7, 11) is 0. The van der Waals surface area contributed by atoms with Crippen LogP contribution in [0.1, 0.15) is 26.7 Å². The van der Waals surface area contributed by atoms with E-state index in [0.29, 0.717) is 18.9 Å². The summed E-state index contributed by atoms with van der Waals surface area (Å²) in [5.41, 5.74) is 0. The number of carbonyl (C=O) groups is 1. The maximum Gasteiger partial charge on any atom is 0.207 e. The van der Waals surface area contributed by atoms with Crippen molar-refractivity contribution in [3.63, 3.8) is 0 Å². The van der Waals surface area contributed by atoms with Crippen molar-refractivity contribution in [1.29, 1.82) is 0 Å². The number of amides is 1. The fourth-order valence-corrected chi connectivity index (χ4v) is 0.738. The van der Waals surface area contributed by atoms with Crippen LogP contribution in [0, 0.1) is 5.92 Å². The lowest BCUT2D eigenvalue weighted by molar-refractivity contribution is -0.109. The first-order valence-electron chi connectivity index (χ1n) is 4.56. The average molecular weight is 173 g/mol. The van der Waals surface area contributed by atoms with Crippen LogP contribution in [0.4, 0.5) is 0 Å². The van der Waals surface area contributed by atoms with E-state index in [2.05, 4.69) is 19.2 Å². The van der Waals surface area contributed by atoms with E-state index in [1.54, 1.807) is 0 Å². The predicted octanol–water partition coefficient (Wildman–Crippen LogP) is 1.19. The SMILES string of the molecule is CCC(C)COCCCNC=O. The van der Waals surface area contributed by atoms with Crippen LogP contribution in [0.15, 0.2) is 0 Å². The Morgan fingerprint density at radius 2 is 2.33 bits per heavy atom. The number of hydrogen-bond acceptors (Lipinski definition) is 2. The maximum atomic E-state index is 9.84. The second kappa shape index (κ2) is 8.53. The summed E-state index contributed by atoms with van der Waals surface area (Å²) in [4.78, 5) is 9.84. The molecule has 0 rings (SSSR count). The monoisotopic (exact) mass is 173 g/mol. The molecule has 0 saturated heterocycles. The third kappa shape index (κ3) is 7.54. The molecule has 1 unspecified atom stereocenters. The summed E-state index contributed by atoms with van der Waals surface area (Å²) in [5.74, 6) is 0.643. The second-order valence-corrected chi connectivity index (χ2v) is 3.01. The third-order valence-corrected chi connectivity index (χ3v) is 1.79. The summed E-state index contributed by atoms with van der Waals surface area (Å²) in [6.07, 6.45) is 2.77. The third-order valence-electron chi connectivity index (χ3n) is 1.79. The summed E-state index contributed by atoms with van der Waals surface area (Å²) < 4.78 is 5.38. The van der Waals surface area contributed by atoms with E-state index in [1.807, 2.05) is 0 Å². The first kappa shape index (κ1) is 11.4. The Bertz CT molecular complexity index is 107. The molecule has 0 aliphatic heterocycles. The lowest BCUT2D eigenvalue weighted by atomic mass is 10.1. The highest BCUT2D eigenvalue weighted by Gasteiger charge is 1.97. The van der Waals surface area contributed by atoms with Crippen molar-refractivity contribution in [2.24, 2.45) is 5.92 Å². The highest BCUT2D eigenvalue weighted by Crippen LogP contribution is 2.00. The van der Waals surface area contributed by atoms with Crippen LogP contribution in [0.3, 0.4) is 0 Å². The van der Waals surface area contributed by atoms with Gasteiger partial charge < -0.3 is 10.1 Å². The lowest BCUT2D eigenvalue weighted by Crippen LogP contribution is -2.15. The van der Waals surface area contributed by atoms with Crippen LogP contribution in [-0.4, -0.2) is 26.2 Å². The minimum atomic E-state index is 0.643. The molecule has 0 aromatic heterocycles. The molecule has 1 amide bonds. The minimum Gasteiger partial charge on any atom is -0.381 e. The van der Waals surface area contributed by atoms with Crippen LogP contribution < -0.4 is 5.32 Å². The van der Waals surface area contributed by atoms with Crippen molar-refractivity contribution < 1.29 is 9.53 Å². The van der Waals surface area contributed by atoms with Crippen molar-refractivity contribution in [3.05, 3.63) is 0 Å². The number of carbonyl (C=O) groups excluding carboxylic acids is 1. The quantitative estimate of drug-likeness (QED) is 0.442. The van der Waals surface area contributed by atoms with Gasteiger partial charge in [0.1, 0.15) is 0 Å². The fraction of sp³-hybridized carbons (Fsp3) is 0.889. The molecule has 0 aliphatic carbocycles. The molecule has 0 bridgehead atoms. The Hall–Kier alpha value is -0.570. The van der Waals surface area contributed by atoms with Gasteiger partial charge in [0.25, 0.3) is 0 Å². The number of ether oxygens (including phenoxy) is 1. The maximum absolute atomic E-state index is 9.84. The van der Waals surface area contributed by atoms with Gasteiger partial charge in [0.2, 0.25) is 6.41 Å². The summed E-state index contributed by atoms with van der Waals surface area (Å²) in [6, 6.07) is 0. The molecule has 1 N–H and O–H groups in total. The van der Waals surface area contributed by atoms with Crippen LogP contribution in [0.5, 0.6) is 0 Å². The van der Waals surface area contributed by atoms with Gasteiger partial charge >= 0.3 is 0 Å². The van der Waals surface area contributed by atoms with Gasteiger partial charge in [-0.1, -0.05) is 20.3 Å². The van der Waals surface area contributed by atoms with Crippen molar-refractivity contribution >= 4 is 6.41 Å². The summed E-state index contributed by atoms with van der Waals surface area (Å²) in [6.45, 7) is 6.61. The molecule has 0 saturated carbocycles. The highest BCUT2D eigenvalue weighted by atomic mass is 16.5. The number of nitrogens with one attached hydrogen (secondary N) is 1. The van der Waals surface area contributed by atoms with E-state index < -0.39 is 0 Å². The Morgan fingerprint density at radius 1 is 1.58 bits per heavy atom. The van der Waals surface area contributed by atoms with Crippen LogP contribution >= 0.6 is 0 Å². The standard InChI is InChI=1S/C9H19NO2/c1-3-9(2)7-12-6-4-5-10-8-11/h8-9H,3-7H2,1-2H3,(H,10,11). The van der Waals surface area contributed by atoms with Crippen molar-refractivity contribution in [3.8, 4) is 0 Å². The molecule has 3 nitrogen and oxygen atoms in total. The van der Waals surface area contributed by atoms with Gasteiger partial charge in [0.15, 0.2) is 0 Å². The van der Waals surface area contributed by atoms with Crippen molar-refractivity contribution in [2.45, 2.75) is 26.7 Å². The molecule has 1 atom stereocenters. The van der Waals surface area contributed by atoms with Crippen LogP contribution in [-0.2, 0) is 9.53 Å². The largest absolute Gasteiger partial charge is 0.381 e. The minimum absolute atomic E-state index is 0.643. The molecule has 3 heteroatoms. The van der Waals surface area contributed by atoms with Gasteiger partial charge in [-0.05, 0) is 12.3 Å². The fourth-order valence-electron chi connectivity index (χ4n) is 0.738. The van der Waals surface area contributed by atoms with E-state index in [-0.39, 0.29) is 0 Å². The predicted molar refractivity (Wildman–Crippen MR) is 49.0 cm³/mol. The van der Waals surface area contributed by atoms with Gasteiger partial charge in [0.05, 0.1) is 0 Å². The molecule has 0 aromatic rings. The molecule has 12 heavy (non-hydrogen) atoms. The smallest absolute Gasteiger partial charge is 0.207 e. The summed E-state index contributed by atoms with van der Waals surface area (Å²) in [5, 5.41) is 2.59. The average Bonchev–Trinajstić information content (AvgIpc) is 2.10. The van der Waals surface area contributed by atoms with Crippen molar-refractivity contribution in [2.75, 3.05) is 19.8 Å². The number of rotatable bonds is 8. The van der Waals surface area contributed by atoms with Crippen LogP contribution in [0.25, 0.3) is 0 Å². The topological polar surface area (TPSA) is 38.3 Å². The van der Waals surface area contributed by atoms with Crippen LogP contribution in [0.2, 0.25) is 0 Å². The summed E-state index contributed by atoms with van der Waals surface area (Å²) >= 11 is 0. The number of hydrogen-bond donors (Lipinski definition) is 1. The Balaban J connectivity index is 2.95. The first-order chi connectivity index (χ1) is 5.81. The molecule has 0 aromatic carbocycles. The molecule has 0 spiro atoms. The van der Waals surface area contributed by atoms with Gasteiger partial charge in [-0.3, -0.25) is 4.79 Å². The Morgan fingerprint density at radius 3 is 2.92 bits per heavy atom. The zero-order valence-electron chi connectivity index (χ0n) is 8.01. The second-order valence-electron chi connectivity index (χ2n) is 3.01. The molecule has 0 radical (unpaired) electrons. The van der Waals surface area contributed by atoms with Gasteiger partial charge in [-0.2, -0.15) is 0 Å². The van der Waals surface area contributed by atoms with E-state index >= 15 is 0 Å². The zero-order valence-corrected chi connectivity index (χ0v) is 8.01. The van der Waals surface area contributed by atoms with E-state index in [9.17, 15) is 4.79 Å². The molecule has 72 valence electrons. The van der Waals surface area contributed by atoms with Crippen molar-refractivity contribution in [1.82, 2.24) is 5.32 Å². The van der Waals surface area contributed by atoms with E-state index in [4.69, 9.17) is 4.74 Å². The van der Waals surface area contributed by atoms with E-state index in [1.165, 1.54) is 0 Å². The van der Waals surface area contributed by atoms with Gasteiger partial charge in [-0.25, -0.2) is 0 Å². The Labute approximate surface area is 74.5 Å². The van der Waals surface area contributed by atoms with Gasteiger partial charge in [-0.15, -0.1) is 0 Å². The van der Waals surface area contributed by atoms with Gasteiger partial charge in [0, 0.05) is 19.8 Å². The first-order valence-corrected chi connectivity index (χ1v) is 4.56. The highest BCUT2D eigenvalue weighted by molar-refractivity contribution is 5.45. The lowest BCUT2D eigenvalue weighted by Gasteiger charge is -2.08. The molecule has 0 fully saturated rings. The normalized spacial score (nSPS) is 12.5. The molecular weight excluding hydrogens is 154 g/mol. The van der Waals surface area contributed by atoms with E-state index in [0.717, 1.165) is 26.1 Å².